The van der Waals surface area contributed by atoms with E-state index in [1.54, 1.807) is 20.8 Å². The predicted octanol–water partition coefficient (Wildman–Crippen LogP) is -0.194. The van der Waals surface area contributed by atoms with Crippen LogP contribution in [0.4, 0.5) is 0 Å². The predicted molar refractivity (Wildman–Crippen MR) is 69.6 cm³/mol. The van der Waals surface area contributed by atoms with Crippen LogP contribution in [0, 0.1) is 0 Å². The van der Waals surface area contributed by atoms with Gasteiger partial charge in [-0.25, -0.2) is 13.2 Å². The number of sulfone groups is 1. The van der Waals surface area contributed by atoms with Crippen molar-refractivity contribution in [2.24, 2.45) is 0 Å². The molecular weight excluding hydrogens is 274 g/mol. The van der Waals surface area contributed by atoms with Gasteiger partial charge in [-0.2, -0.15) is 0 Å². The van der Waals surface area contributed by atoms with Crippen molar-refractivity contribution < 1.29 is 27.9 Å². The van der Waals surface area contributed by atoms with E-state index in [-0.39, 0.29) is 12.4 Å². The summed E-state index contributed by atoms with van der Waals surface area (Å²) >= 11 is 0. The lowest BCUT2D eigenvalue weighted by Crippen LogP contribution is -2.45. The summed E-state index contributed by atoms with van der Waals surface area (Å²) in [6.45, 7) is 6.48. The summed E-state index contributed by atoms with van der Waals surface area (Å²) in [4.78, 5) is 21.6. The maximum Gasteiger partial charge on any atom is 0.327 e. The second-order valence-corrected chi connectivity index (χ2v) is 7.40. The maximum absolute atomic E-state index is 11.7. The highest BCUT2D eigenvalue weighted by Gasteiger charge is 2.26. The third kappa shape index (κ3) is 9.43. The van der Waals surface area contributed by atoms with Gasteiger partial charge in [0.25, 0.3) is 0 Å². The molecule has 0 bridgehead atoms. The fourth-order valence-electron chi connectivity index (χ4n) is 1.23. The molecule has 0 aromatic rings. The lowest BCUT2D eigenvalue weighted by Gasteiger charge is -2.20. The average Bonchev–Trinajstić information content (AvgIpc) is 2.12. The molecule has 0 rings (SSSR count). The molecule has 0 aliphatic carbocycles. The lowest BCUT2D eigenvalue weighted by molar-refractivity contribution is -0.140. The first-order chi connectivity index (χ1) is 8.43. The molecule has 0 heterocycles. The average molecular weight is 295 g/mol. The van der Waals surface area contributed by atoms with Crippen molar-refractivity contribution in [1.29, 1.82) is 0 Å². The third-order valence-electron chi connectivity index (χ3n) is 2.03. The fourth-order valence-corrected chi connectivity index (χ4v) is 2.47. The number of carbonyl (C=O) groups is 2. The highest BCUT2D eigenvalue weighted by molar-refractivity contribution is 7.91. The molecule has 0 saturated heterocycles. The van der Waals surface area contributed by atoms with Crippen LogP contribution in [0.2, 0.25) is 0 Å². The van der Waals surface area contributed by atoms with Crippen LogP contribution in [-0.2, 0) is 24.2 Å². The minimum atomic E-state index is -3.61. The van der Waals surface area contributed by atoms with Crippen LogP contribution < -0.4 is 5.32 Å². The highest BCUT2D eigenvalue weighted by atomic mass is 32.2. The minimum absolute atomic E-state index is 0.0156. The van der Waals surface area contributed by atoms with E-state index in [4.69, 9.17) is 9.84 Å². The summed E-state index contributed by atoms with van der Waals surface area (Å²) in [5.74, 6) is -2.90. The summed E-state index contributed by atoms with van der Waals surface area (Å²) in [5.41, 5.74) is -0.459. The van der Waals surface area contributed by atoms with E-state index in [0.29, 0.717) is 0 Å². The number of carboxylic acid groups (broad SMARTS) is 1. The molecule has 7 nitrogen and oxygen atoms in total. The Balaban J connectivity index is 4.48. The van der Waals surface area contributed by atoms with Crippen molar-refractivity contribution in [2.45, 2.75) is 39.3 Å². The first-order valence-corrected chi connectivity index (χ1v) is 7.59. The SMILES string of the molecule is CC(=O)NC(CS(=O)(=O)CCOC(C)(C)C)C(=O)O. The number of aliphatic carboxylic acids is 1. The Labute approximate surface area is 113 Å². The Kier molecular flexibility index (Phi) is 6.44. The van der Waals surface area contributed by atoms with Crippen LogP contribution in [0.5, 0.6) is 0 Å². The number of amides is 1. The summed E-state index contributed by atoms with van der Waals surface area (Å²) in [6.07, 6.45) is 0. The standard InChI is InChI=1S/C11H21NO6S/c1-8(13)12-9(10(14)15)7-19(16,17)6-5-18-11(2,3)4/h9H,5-7H2,1-4H3,(H,12,13)(H,14,15). The topological polar surface area (TPSA) is 110 Å². The third-order valence-corrected chi connectivity index (χ3v) is 3.66. The molecule has 112 valence electrons. The van der Waals surface area contributed by atoms with Crippen molar-refractivity contribution in [3.8, 4) is 0 Å². The Hall–Kier alpha value is -1.15. The van der Waals surface area contributed by atoms with E-state index < -0.39 is 39.1 Å². The molecule has 19 heavy (non-hydrogen) atoms. The number of carbonyl (C=O) groups excluding carboxylic acids is 1. The second-order valence-electron chi connectivity index (χ2n) is 5.17. The summed E-state index contributed by atoms with van der Waals surface area (Å²) < 4.78 is 28.7. The van der Waals surface area contributed by atoms with Gasteiger partial charge in [-0.3, -0.25) is 4.79 Å². The Morgan fingerprint density at radius 1 is 1.32 bits per heavy atom. The molecular formula is C11H21NO6S. The zero-order valence-electron chi connectivity index (χ0n) is 11.6. The largest absolute Gasteiger partial charge is 0.480 e. The van der Waals surface area contributed by atoms with E-state index in [9.17, 15) is 18.0 Å². The molecule has 0 radical (unpaired) electrons. The molecule has 2 N–H and O–H groups in total. The zero-order valence-corrected chi connectivity index (χ0v) is 12.4. The van der Waals surface area contributed by atoms with Gasteiger partial charge < -0.3 is 15.2 Å². The second kappa shape index (κ2) is 6.85. The number of rotatable bonds is 7. The number of hydrogen-bond acceptors (Lipinski definition) is 5. The molecule has 0 aromatic carbocycles. The van der Waals surface area contributed by atoms with Gasteiger partial charge in [0.2, 0.25) is 5.91 Å². The van der Waals surface area contributed by atoms with Gasteiger partial charge in [0.15, 0.2) is 9.84 Å². The molecule has 1 atom stereocenters. The minimum Gasteiger partial charge on any atom is -0.480 e. The fraction of sp³-hybridized carbons (Fsp3) is 0.818. The van der Waals surface area contributed by atoms with E-state index in [0.717, 1.165) is 6.92 Å². The van der Waals surface area contributed by atoms with Crippen LogP contribution in [0.3, 0.4) is 0 Å². The number of hydrogen-bond donors (Lipinski definition) is 2. The molecule has 0 aliphatic heterocycles. The molecule has 0 saturated carbocycles. The molecule has 0 aliphatic rings. The normalized spacial score (nSPS) is 13.9. The van der Waals surface area contributed by atoms with Gasteiger partial charge in [-0.05, 0) is 20.8 Å². The molecule has 0 aromatic heterocycles. The molecule has 1 amide bonds. The Morgan fingerprint density at radius 2 is 1.84 bits per heavy atom. The van der Waals surface area contributed by atoms with Crippen LogP contribution in [0.1, 0.15) is 27.7 Å². The molecule has 0 spiro atoms. The maximum atomic E-state index is 11.7. The van der Waals surface area contributed by atoms with Gasteiger partial charge in [0.1, 0.15) is 6.04 Å². The molecule has 0 fully saturated rings. The quantitative estimate of drug-likeness (QED) is 0.673. The monoisotopic (exact) mass is 295 g/mol. The smallest absolute Gasteiger partial charge is 0.327 e. The van der Waals surface area contributed by atoms with Crippen LogP contribution in [-0.4, -0.2) is 55.2 Å². The highest BCUT2D eigenvalue weighted by Crippen LogP contribution is 2.07. The number of carboxylic acids is 1. The van der Waals surface area contributed by atoms with Crippen molar-refractivity contribution in [2.75, 3.05) is 18.1 Å². The van der Waals surface area contributed by atoms with Gasteiger partial charge >= 0.3 is 5.97 Å². The molecule has 8 heteroatoms. The number of ether oxygens (including phenoxy) is 1. The van der Waals surface area contributed by atoms with E-state index in [1.165, 1.54) is 0 Å². The van der Waals surface area contributed by atoms with Crippen LogP contribution in [0.25, 0.3) is 0 Å². The van der Waals surface area contributed by atoms with Crippen molar-refractivity contribution >= 4 is 21.7 Å². The van der Waals surface area contributed by atoms with Crippen LogP contribution in [0.15, 0.2) is 0 Å². The zero-order chi connectivity index (χ0) is 15.3. The summed E-state index contributed by atoms with van der Waals surface area (Å²) in [7, 11) is -3.61. The Morgan fingerprint density at radius 3 is 2.21 bits per heavy atom. The van der Waals surface area contributed by atoms with Crippen molar-refractivity contribution in [1.82, 2.24) is 5.32 Å². The van der Waals surface area contributed by atoms with E-state index in [1.807, 2.05) is 0 Å². The first-order valence-electron chi connectivity index (χ1n) is 5.77. The first kappa shape index (κ1) is 17.8. The van der Waals surface area contributed by atoms with Gasteiger partial charge in [-0.15, -0.1) is 0 Å². The Bertz CT molecular complexity index is 423. The summed E-state index contributed by atoms with van der Waals surface area (Å²) in [6, 6.07) is -1.43. The van der Waals surface area contributed by atoms with Crippen molar-refractivity contribution in [3.63, 3.8) is 0 Å². The molecule has 1 unspecified atom stereocenters. The van der Waals surface area contributed by atoms with Gasteiger partial charge in [-0.1, -0.05) is 0 Å². The number of nitrogens with one attached hydrogen (secondary N) is 1. The van der Waals surface area contributed by atoms with E-state index >= 15 is 0 Å². The van der Waals surface area contributed by atoms with E-state index in [2.05, 4.69) is 5.32 Å². The van der Waals surface area contributed by atoms with Gasteiger partial charge in [0.05, 0.1) is 23.7 Å². The summed E-state index contributed by atoms with van der Waals surface area (Å²) in [5, 5.41) is 10.9. The van der Waals surface area contributed by atoms with Gasteiger partial charge in [0, 0.05) is 6.92 Å². The van der Waals surface area contributed by atoms with Crippen LogP contribution >= 0.6 is 0 Å². The lowest BCUT2D eigenvalue weighted by atomic mass is 10.2. The van der Waals surface area contributed by atoms with Crippen molar-refractivity contribution in [3.05, 3.63) is 0 Å².